The monoisotopic (exact) mass is 263 g/mol. The summed E-state index contributed by atoms with van der Waals surface area (Å²) in [6.07, 6.45) is 5.15. The lowest BCUT2D eigenvalue weighted by atomic mass is 9.85. The quantitative estimate of drug-likeness (QED) is 0.760. The Kier molecular flexibility index (Phi) is 5.31. The lowest BCUT2D eigenvalue weighted by Gasteiger charge is -2.27. The second-order valence-electron chi connectivity index (χ2n) is 5.78. The van der Waals surface area contributed by atoms with E-state index in [0.717, 1.165) is 39.2 Å². The summed E-state index contributed by atoms with van der Waals surface area (Å²) in [4.78, 5) is 4.07. The van der Waals surface area contributed by atoms with Crippen molar-refractivity contribution in [3.05, 3.63) is 30.1 Å². The molecule has 1 aromatic rings. The highest BCUT2D eigenvalue weighted by atomic mass is 16.5. The fraction of sp³-hybridized carbons (Fsp3) is 0.667. The average Bonchev–Trinajstić information content (AvgIpc) is 2.46. The van der Waals surface area contributed by atoms with E-state index >= 15 is 0 Å². The van der Waals surface area contributed by atoms with Gasteiger partial charge in [-0.3, -0.25) is 4.98 Å². The van der Waals surface area contributed by atoms with E-state index in [1.807, 2.05) is 12.4 Å². The molecule has 1 aliphatic heterocycles. The third kappa shape index (κ3) is 4.56. The third-order valence-corrected chi connectivity index (χ3v) is 3.68. The van der Waals surface area contributed by atoms with Gasteiger partial charge in [0.15, 0.2) is 0 Å². The molecule has 1 aliphatic rings. The molecule has 0 amide bonds. The molecule has 19 heavy (non-hydrogen) atoms. The summed E-state index contributed by atoms with van der Waals surface area (Å²) >= 11 is 0. The van der Waals surface area contributed by atoms with Crippen molar-refractivity contribution >= 4 is 0 Å². The number of hydrogen-bond donors (Lipinski definition) is 2. The fourth-order valence-corrected chi connectivity index (χ4v) is 2.37. The Bertz CT molecular complexity index is 361. The number of ether oxygens (including phenoxy) is 1. The van der Waals surface area contributed by atoms with Crippen LogP contribution >= 0.6 is 0 Å². The van der Waals surface area contributed by atoms with Crippen molar-refractivity contribution in [2.24, 2.45) is 0 Å². The van der Waals surface area contributed by atoms with Crippen LogP contribution in [0.2, 0.25) is 0 Å². The number of rotatable bonds is 6. The van der Waals surface area contributed by atoms with E-state index in [1.165, 1.54) is 5.56 Å². The van der Waals surface area contributed by atoms with Gasteiger partial charge in [0, 0.05) is 37.4 Å². The van der Waals surface area contributed by atoms with E-state index in [1.54, 1.807) is 0 Å². The summed E-state index contributed by atoms with van der Waals surface area (Å²) in [6, 6.07) is 4.19. The Hall–Kier alpha value is -0.970. The molecule has 0 spiro atoms. The minimum atomic E-state index is 0.134. The third-order valence-electron chi connectivity index (χ3n) is 3.68. The van der Waals surface area contributed by atoms with Crippen molar-refractivity contribution in [3.8, 4) is 0 Å². The van der Waals surface area contributed by atoms with Crippen molar-refractivity contribution in [3.63, 3.8) is 0 Å². The molecule has 0 aromatic carbocycles. The smallest absolute Gasteiger partial charge is 0.0712 e. The maximum atomic E-state index is 5.68. The fourth-order valence-electron chi connectivity index (χ4n) is 2.37. The van der Waals surface area contributed by atoms with Gasteiger partial charge < -0.3 is 15.4 Å². The first-order valence-electron chi connectivity index (χ1n) is 7.12. The highest BCUT2D eigenvalue weighted by Gasteiger charge is 2.20. The van der Waals surface area contributed by atoms with Crippen LogP contribution in [0.3, 0.4) is 0 Å². The molecule has 1 unspecified atom stereocenters. The topological polar surface area (TPSA) is 46.2 Å². The minimum Gasteiger partial charge on any atom is -0.376 e. The van der Waals surface area contributed by atoms with Crippen LogP contribution in [0.1, 0.15) is 25.8 Å². The highest BCUT2D eigenvalue weighted by Crippen LogP contribution is 2.21. The van der Waals surface area contributed by atoms with E-state index in [-0.39, 0.29) is 5.41 Å². The molecule has 1 atom stereocenters. The van der Waals surface area contributed by atoms with E-state index in [4.69, 9.17) is 4.74 Å². The van der Waals surface area contributed by atoms with Crippen LogP contribution in [0, 0.1) is 0 Å². The predicted molar refractivity (Wildman–Crippen MR) is 77.4 cm³/mol. The largest absolute Gasteiger partial charge is 0.376 e. The molecule has 1 saturated heterocycles. The van der Waals surface area contributed by atoms with Gasteiger partial charge in [0.1, 0.15) is 0 Å². The molecule has 4 heteroatoms. The Morgan fingerprint density at radius 3 is 2.89 bits per heavy atom. The summed E-state index contributed by atoms with van der Waals surface area (Å²) in [5.74, 6) is 0. The molecule has 2 heterocycles. The zero-order valence-electron chi connectivity index (χ0n) is 12.0. The molecule has 1 fully saturated rings. The molecule has 2 N–H and O–H groups in total. The molecule has 0 saturated carbocycles. The van der Waals surface area contributed by atoms with Gasteiger partial charge in [0.05, 0.1) is 12.7 Å². The first-order chi connectivity index (χ1) is 9.18. The molecular formula is C15H25N3O. The van der Waals surface area contributed by atoms with Gasteiger partial charge >= 0.3 is 0 Å². The van der Waals surface area contributed by atoms with Crippen molar-refractivity contribution in [2.75, 3.05) is 32.8 Å². The number of pyridine rings is 1. The van der Waals surface area contributed by atoms with Crippen LogP contribution in [0.4, 0.5) is 0 Å². The van der Waals surface area contributed by atoms with Crippen LogP contribution in [0.25, 0.3) is 0 Å². The number of nitrogens with zero attached hydrogens (tertiary/aromatic N) is 1. The second-order valence-corrected chi connectivity index (χ2v) is 5.78. The molecular weight excluding hydrogens is 238 g/mol. The van der Waals surface area contributed by atoms with Crippen molar-refractivity contribution in [1.82, 2.24) is 15.6 Å². The van der Waals surface area contributed by atoms with Gasteiger partial charge in [-0.15, -0.1) is 0 Å². The number of nitrogens with one attached hydrogen (secondary N) is 2. The second kappa shape index (κ2) is 6.98. The van der Waals surface area contributed by atoms with Crippen molar-refractivity contribution in [1.29, 1.82) is 0 Å². The molecule has 4 nitrogen and oxygen atoms in total. The predicted octanol–water partition coefficient (Wildman–Crippen LogP) is 1.33. The normalized spacial score (nSPS) is 20.4. The van der Waals surface area contributed by atoms with E-state index in [9.17, 15) is 0 Å². The van der Waals surface area contributed by atoms with Gasteiger partial charge in [-0.25, -0.2) is 0 Å². The SMILES string of the molecule is CC(C)(CNCCC1CNCCO1)c1ccncc1. The summed E-state index contributed by atoms with van der Waals surface area (Å²) in [6.45, 7) is 9.29. The summed E-state index contributed by atoms with van der Waals surface area (Å²) in [5, 5.41) is 6.90. The van der Waals surface area contributed by atoms with Crippen LogP contribution in [-0.2, 0) is 10.2 Å². The molecule has 0 radical (unpaired) electrons. The zero-order chi connectivity index (χ0) is 13.6. The summed E-state index contributed by atoms with van der Waals surface area (Å²) in [5.41, 5.74) is 1.46. The van der Waals surface area contributed by atoms with E-state index in [2.05, 4.69) is 41.6 Å². The average molecular weight is 263 g/mol. The Balaban J connectivity index is 1.69. The Morgan fingerprint density at radius 1 is 1.42 bits per heavy atom. The molecule has 0 aliphatic carbocycles. The molecule has 1 aromatic heterocycles. The van der Waals surface area contributed by atoms with Crippen LogP contribution in [0.5, 0.6) is 0 Å². The van der Waals surface area contributed by atoms with Crippen LogP contribution < -0.4 is 10.6 Å². The maximum absolute atomic E-state index is 5.68. The Morgan fingerprint density at radius 2 is 2.21 bits per heavy atom. The first kappa shape index (κ1) is 14.4. The number of hydrogen-bond acceptors (Lipinski definition) is 4. The molecule has 0 bridgehead atoms. The lowest BCUT2D eigenvalue weighted by Crippen LogP contribution is -2.41. The minimum absolute atomic E-state index is 0.134. The summed E-state index contributed by atoms with van der Waals surface area (Å²) < 4.78 is 5.68. The standard InChI is InChI=1S/C15H25N3O/c1-15(2,13-3-6-16-7-4-13)12-18-8-5-14-11-17-9-10-19-14/h3-4,6-7,14,17-18H,5,8-12H2,1-2H3. The van der Waals surface area contributed by atoms with Gasteiger partial charge in [0.25, 0.3) is 0 Å². The van der Waals surface area contributed by atoms with E-state index < -0.39 is 0 Å². The lowest BCUT2D eigenvalue weighted by molar-refractivity contribution is 0.0237. The van der Waals surface area contributed by atoms with Crippen molar-refractivity contribution < 1.29 is 4.74 Å². The van der Waals surface area contributed by atoms with Gasteiger partial charge in [0.2, 0.25) is 0 Å². The van der Waals surface area contributed by atoms with Gasteiger partial charge in [-0.1, -0.05) is 13.8 Å². The van der Waals surface area contributed by atoms with Crippen LogP contribution in [0.15, 0.2) is 24.5 Å². The molecule has 2 rings (SSSR count). The first-order valence-corrected chi connectivity index (χ1v) is 7.12. The van der Waals surface area contributed by atoms with Gasteiger partial charge in [-0.2, -0.15) is 0 Å². The highest BCUT2D eigenvalue weighted by molar-refractivity contribution is 5.20. The maximum Gasteiger partial charge on any atom is 0.0712 e. The number of aromatic nitrogens is 1. The Labute approximate surface area is 116 Å². The summed E-state index contributed by atoms with van der Waals surface area (Å²) in [7, 11) is 0. The zero-order valence-corrected chi connectivity index (χ0v) is 12.0. The van der Waals surface area contributed by atoms with Crippen molar-refractivity contribution in [2.45, 2.75) is 31.8 Å². The molecule has 106 valence electrons. The number of morpholine rings is 1. The van der Waals surface area contributed by atoms with Crippen LogP contribution in [-0.4, -0.2) is 43.9 Å². The van der Waals surface area contributed by atoms with E-state index in [0.29, 0.717) is 6.10 Å². The van der Waals surface area contributed by atoms with Gasteiger partial charge in [-0.05, 0) is 30.7 Å².